The fourth-order valence-electron chi connectivity index (χ4n) is 6.14. The Morgan fingerprint density at radius 1 is 0.294 bits per heavy atom. The van der Waals surface area contributed by atoms with Crippen LogP contribution in [0.2, 0.25) is 0 Å². The summed E-state index contributed by atoms with van der Waals surface area (Å²) < 4.78 is 0. The minimum Gasteiger partial charge on any atom is -0.0622 e. The van der Waals surface area contributed by atoms with Gasteiger partial charge in [-0.1, -0.05) is 109 Å². The Morgan fingerprint density at radius 3 is 1.59 bits per heavy atom. The minimum atomic E-state index is 1.26. The third kappa shape index (κ3) is 2.27. The summed E-state index contributed by atoms with van der Waals surface area (Å²) in [6.45, 7) is 0. The fraction of sp³-hybridized carbons (Fsp3) is 0. The summed E-state index contributed by atoms with van der Waals surface area (Å²) in [5.41, 5.74) is 2.55. The Bertz CT molecular complexity index is 2050. The van der Waals surface area contributed by atoms with Crippen molar-refractivity contribution < 1.29 is 0 Å². The molecule has 0 saturated heterocycles. The highest BCUT2D eigenvalue weighted by Gasteiger charge is 2.17. The van der Waals surface area contributed by atoms with Crippen molar-refractivity contribution in [3.8, 4) is 11.1 Å². The van der Waals surface area contributed by atoms with Crippen molar-refractivity contribution in [2.75, 3.05) is 0 Å². The van der Waals surface area contributed by atoms with Gasteiger partial charge in [-0.05, 0) is 87.9 Å². The van der Waals surface area contributed by atoms with Crippen molar-refractivity contribution >= 4 is 64.6 Å². The van der Waals surface area contributed by atoms with Gasteiger partial charge in [-0.2, -0.15) is 0 Å². The molecule has 0 amide bonds. The van der Waals surface area contributed by atoms with Crippen molar-refractivity contribution in [2.24, 2.45) is 0 Å². The lowest BCUT2D eigenvalue weighted by atomic mass is 9.85. The quantitative estimate of drug-likeness (QED) is 0.180. The van der Waals surface area contributed by atoms with Crippen LogP contribution >= 0.6 is 0 Å². The van der Waals surface area contributed by atoms with E-state index in [2.05, 4.69) is 121 Å². The summed E-state index contributed by atoms with van der Waals surface area (Å²) in [6.07, 6.45) is 0. The molecular formula is C34H20. The van der Waals surface area contributed by atoms with E-state index in [0.29, 0.717) is 0 Å². The fourth-order valence-corrected chi connectivity index (χ4v) is 6.14. The van der Waals surface area contributed by atoms with Gasteiger partial charge in [-0.15, -0.1) is 0 Å². The minimum absolute atomic E-state index is 1.26. The van der Waals surface area contributed by atoms with Crippen LogP contribution in [0, 0.1) is 0 Å². The number of fused-ring (bicyclic) bond motifs is 6. The molecule has 0 aliphatic heterocycles. The smallest absolute Gasteiger partial charge is 0.00199 e. The molecule has 0 radical (unpaired) electrons. The number of hydrogen-bond acceptors (Lipinski definition) is 0. The van der Waals surface area contributed by atoms with Crippen molar-refractivity contribution in [3.63, 3.8) is 0 Å². The maximum absolute atomic E-state index is 2.45. The second-order valence-corrected chi connectivity index (χ2v) is 9.29. The van der Waals surface area contributed by atoms with Crippen LogP contribution in [0.3, 0.4) is 0 Å². The zero-order valence-electron chi connectivity index (χ0n) is 18.5. The molecule has 0 aromatic heterocycles. The molecule has 0 spiro atoms. The number of benzene rings is 8. The maximum Gasteiger partial charge on any atom is -0.00199 e. The van der Waals surface area contributed by atoms with Gasteiger partial charge in [0.2, 0.25) is 0 Å². The Balaban J connectivity index is 1.69. The maximum atomic E-state index is 2.45. The highest BCUT2D eigenvalue weighted by atomic mass is 14.2. The second kappa shape index (κ2) is 6.56. The predicted molar refractivity (Wildman–Crippen MR) is 148 cm³/mol. The molecule has 0 aliphatic rings. The third-order valence-electron chi connectivity index (χ3n) is 7.57. The van der Waals surface area contributed by atoms with E-state index in [1.54, 1.807) is 0 Å². The van der Waals surface area contributed by atoms with E-state index in [1.165, 1.54) is 75.8 Å². The van der Waals surface area contributed by atoms with E-state index >= 15 is 0 Å². The molecule has 8 aromatic carbocycles. The first-order valence-electron chi connectivity index (χ1n) is 11.9. The third-order valence-corrected chi connectivity index (χ3v) is 7.57. The molecule has 0 N–H and O–H groups in total. The lowest BCUT2D eigenvalue weighted by molar-refractivity contribution is 1.66. The molecule has 0 fully saturated rings. The highest BCUT2D eigenvalue weighted by molar-refractivity contribution is 6.39. The van der Waals surface area contributed by atoms with Gasteiger partial charge in [0, 0.05) is 0 Å². The van der Waals surface area contributed by atoms with E-state index in [4.69, 9.17) is 0 Å². The first-order chi connectivity index (χ1) is 16.9. The molecule has 0 nitrogen and oxygen atoms in total. The van der Waals surface area contributed by atoms with Crippen molar-refractivity contribution in [1.82, 2.24) is 0 Å². The van der Waals surface area contributed by atoms with Crippen molar-refractivity contribution in [2.45, 2.75) is 0 Å². The Morgan fingerprint density at radius 2 is 0.824 bits per heavy atom. The Hall–Kier alpha value is -4.42. The van der Waals surface area contributed by atoms with Crippen LogP contribution in [0.25, 0.3) is 75.8 Å². The molecule has 0 bridgehead atoms. The van der Waals surface area contributed by atoms with Crippen LogP contribution in [0.4, 0.5) is 0 Å². The van der Waals surface area contributed by atoms with Gasteiger partial charge >= 0.3 is 0 Å². The summed E-state index contributed by atoms with van der Waals surface area (Å²) in [5, 5.41) is 16.0. The van der Waals surface area contributed by atoms with E-state index in [0.717, 1.165) is 0 Å². The molecule has 156 valence electrons. The molecular weight excluding hydrogens is 408 g/mol. The van der Waals surface area contributed by atoms with Gasteiger partial charge in [0.25, 0.3) is 0 Å². The Labute approximate surface area is 197 Å². The summed E-state index contributed by atoms with van der Waals surface area (Å²) in [5.74, 6) is 0. The second-order valence-electron chi connectivity index (χ2n) is 9.29. The van der Waals surface area contributed by atoms with E-state index in [1.807, 2.05) is 0 Å². The average molecular weight is 429 g/mol. The topological polar surface area (TPSA) is 0 Å². The summed E-state index contributed by atoms with van der Waals surface area (Å²) in [6, 6.07) is 44.7. The first kappa shape index (κ1) is 18.1. The van der Waals surface area contributed by atoms with E-state index in [-0.39, 0.29) is 0 Å². The molecule has 0 heteroatoms. The monoisotopic (exact) mass is 428 g/mol. The number of hydrogen-bond donors (Lipinski definition) is 0. The summed E-state index contributed by atoms with van der Waals surface area (Å²) in [7, 11) is 0. The lowest BCUT2D eigenvalue weighted by Crippen LogP contribution is -1.90. The summed E-state index contributed by atoms with van der Waals surface area (Å²) >= 11 is 0. The van der Waals surface area contributed by atoms with Crippen LogP contribution in [0.15, 0.2) is 121 Å². The first-order valence-corrected chi connectivity index (χ1v) is 11.9. The number of rotatable bonds is 1. The van der Waals surface area contributed by atoms with Crippen LogP contribution < -0.4 is 0 Å². The molecule has 0 unspecified atom stereocenters. The molecule has 8 rings (SSSR count). The molecule has 0 saturated carbocycles. The van der Waals surface area contributed by atoms with Gasteiger partial charge < -0.3 is 0 Å². The van der Waals surface area contributed by atoms with Crippen LogP contribution in [0.5, 0.6) is 0 Å². The molecule has 34 heavy (non-hydrogen) atoms. The average Bonchev–Trinajstić information content (AvgIpc) is 2.91. The zero-order valence-corrected chi connectivity index (χ0v) is 18.5. The van der Waals surface area contributed by atoms with Gasteiger partial charge in [0.15, 0.2) is 0 Å². The van der Waals surface area contributed by atoms with Gasteiger partial charge in [-0.3, -0.25) is 0 Å². The predicted octanol–water partition coefficient (Wildman–Crippen LogP) is 9.71. The van der Waals surface area contributed by atoms with Gasteiger partial charge in [0.05, 0.1) is 0 Å². The SMILES string of the molecule is c1ccc(-c2cccc3c2cc2c4cc5ccccc5c5cccc(c6cccc3c62)c54)cc1. The standard InChI is InChI=1S/C34H20/c1-2-9-21(10-3-1)23-13-6-14-25-27-16-8-18-29-28-17-7-15-26-24-12-5-4-11-22(24)19-31(33(26)28)32(34(27)29)20-30(23)25/h1-20H. The van der Waals surface area contributed by atoms with E-state index < -0.39 is 0 Å². The molecule has 0 heterocycles. The highest BCUT2D eigenvalue weighted by Crippen LogP contribution is 2.45. The zero-order chi connectivity index (χ0) is 22.2. The Kier molecular flexibility index (Phi) is 3.48. The van der Waals surface area contributed by atoms with Crippen molar-refractivity contribution in [1.29, 1.82) is 0 Å². The molecule has 0 aliphatic carbocycles. The van der Waals surface area contributed by atoms with Gasteiger partial charge in [-0.25, -0.2) is 0 Å². The van der Waals surface area contributed by atoms with Crippen LogP contribution in [0.1, 0.15) is 0 Å². The summed E-state index contributed by atoms with van der Waals surface area (Å²) in [4.78, 5) is 0. The van der Waals surface area contributed by atoms with Crippen LogP contribution in [-0.2, 0) is 0 Å². The lowest BCUT2D eigenvalue weighted by Gasteiger charge is -2.18. The van der Waals surface area contributed by atoms with E-state index in [9.17, 15) is 0 Å². The van der Waals surface area contributed by atoms with Crippen molar-refractivity contribution in [3.05, 3.63) is 121 Å². The molecule has 0 atom stereocenters. The van der Waals surface area contributed by atoms with Gasteiger partial charge in [0.1, 0.15) is 0 Å². The normalized spacial score (nSPS) is 12.1. The largest absolute Gasteiger partial charge is 0.0622 e. The molecule has 8 aromatic rings. The van der Waals surface area contributed by atoms with Crippen LogP contribution in [-0.4, -0.2) is 0 Å².